The second kappa shape index (κ2) is 9.22. The van der Waals surface area contributed by atoms with Crippen molar-refractivity contribution in [2.45, 2.75) is 104 Å². The van der Waals surface area contributed by atoms with E-state index in [0.717, 1.165) is 24.4 Å². The van der Waals surface area contributed by atoms with Crippen LogP contribution in [0.15, 0.2) is 12.1 Å². The van der Waals surface area contributed by atoms with Crippen molar-refractivity contribution in [3.63, 3.8) is 0 Å². The second-order valence-corrected chi connectivity index (χ2v) is 12.2. The average molecular weight is 460 g/mol. The number of ketones is 1. The van der Waals surface area contributed by atoms with Crippen LogP contribution in [0.4, 0.5) is 0 Å². The van der Waals surface area contributed by atoms with Gasteiger partial charge in [-0.05, 0) is 84.9 Å². The minimum Gasteiger partial charge on any atom is -0.504 e. The summed E-state index contributed by atoms with van der Waals surface area (Å²) in [6.45, 7) is 18.3. The molecule has 1 N–H and O–H groups in total. The number of hydrogen-bond donors (Lipinski definition) is 1. The normalized spacial score (nSPS) is 25.9. The number of carbonyl (C=O) groups is 1. The molecule has 5 nitrogen and oxygen atoms in total. The standard InChI is InChI=1S/C28H45NO4/c1-10-28(8)18(2)23(29(9)17-19-11-12-19)24(31)20-13-14-21(30)25(22(20)28)33-27(6,7)15-16-32-26(3,4)5/h13-14,18-19,23,30H,10-12,15-17H2,1-9H3/t18-,23?,28+/m0/s1. The van der Waals surface area contributed by atoms with Gasteiger partial charge in [-0.2, -0.15) is 0 Å². The maximum absolute atomic E-state index is 13.8. The molecule has 1 fully saturated rings. The molecule has 0 bridgehead atoms. The molecule has 1 saturated carbocycles. The number of carbonyl (C=O) groups excluding carboxylic acids is 1. The fourth-order valence-corrected chi connectivity index (χ4v) is 5.24. The smallest absolute Gasteiger partial charge is 0.180 e. The lowest BCUT2D eigenvalue weighted by Crippen LogP contribution is -2.54. The molecule has 33 heavy (non-hydrogen) atoms. The zero-order chi connectivity index (χ0) is 24.8. The van der Waals surface area contributed by atoms with Crippen molar-refractivity contribution in [1.82, 2.24) is 4.90 Å². The summed E-state index contributed by atoms with van der Waals surface area (Å²) in [5, 5.41) is 10.9. The molecule has 186 valence electrons. The molecule has 2 aliphatic rings. The van der Waals surface area contributed by atoms with Crippen LogP contribution in [0.1, 0.15) is 97.0 Å². The van der Waals surface area contributed by atoms with E-state index >= 15 is 0 Å². The van der Waals surface area contributed by atoms with Crippen molar-refractivity contribution in [2.24, 2.45) is 11.8 Å². The summed E-state index contributed by atoms with van der Waals surface area (Å²) >= 11 is 0. The van der Waals surface area contributed by atoms with Gasteiger partial charge < -0.3 is 14.6 Å². The number of phenols is 1. The Bertz CT molecular complexity index is 867. The van der Waals surface area contributed by atoms with E-state index < -0.39 is 5.60 Å². The lowest BCUT2D eigenvalue weighted by Gasteiger charge is -2.48. The van der Waals surface area contributed by atoms with Crippen molar-refractivity contribution in [2.75, 3.05) is 20.2 Å². The van der Waals surface area contributed by atoms with Crippen molar-refractivity contribution in [3.8, 4) is 11.5 Å². The van der Waals surface area contributed by atoms with Crippen LogP contribution in [0.5, 0.6) is 11.5 Å². The number of likely N-dealkylation sites (N-methyl/N-ethyl adjacent to an activating group) is 1. The third-order valence-corrected chi connectivity index (χ3v) is 7.79. The minimum atomic E-state index is -0.557. The Kier molecular flexibility index (Phi) is 7.27. The van der Waals surface area contributed by atoms with Crippen LogP contribution >= 0.6 is 0 Å². The van der Waals surface area contributed by atoms with Crippen molar-refractivity contribution in [1.29, 1.82) is 0 Å². The number of nitrogens with zero attached hydrogens (tertiary/aromatic N) is 1. The van der Waals surface area contributed by atoms with Gasteiger partial charge in [-0.25, -0.2) is 0 Å². The minimum absolute atomic E-state index is 0.0998. The molecule has 5 heteroatoms. The van der Waals surface area contributed by atoms with Gasteiger partial charge in [0.25, 0.3) is 0 Å². The number of fused-ring (bicyclic) bond motifs is 1. The number of ether oxygens (including phenoxy) is 2. The summed E-state index contributed by atoms with van der Waals surface area (Å²) in [5.41, 5.74) is 0.493. The van der Waals surface area contributed by atoms with Gasteiger partial charge in [0.15, 0.2) is 17.3 Å². The van der Waals surface area contributed by atoms with Crippen LogP contribution in [0.25, 0.3) is 0 Å². The Hall–Kier alpha value is -1.59. The first-order chi connectivity index (χ1) is 15.2. The molecule has 0 aromatic heterocycles. The van der Waals surface area contributed by atoms with E-state index in [1.807, 2.05) is 34.6 Å². The molecule has 0 saturated heterocycles. The first-order valence-electron chi connectivity index (χ1n) is 12.6. The van der Waals surface area contributed by atoms with Gasteiger partial charge >= 0.3 is 0 Å². The fourth-order valence-electron chi connectivity index (χ4n) is 5.24. The topological polar surface area (TPSA) is 59.0 Å². The van der Waals surface area contributed by atoms with Gasteiger partial charge in [-0.3, -0.25) is 9.69 Å². The molecule has 3 atom stereocenters. The highest BCUT2D eigenvalue weighted by atomic mass is 16.5. The van der Waals surface area contributed by atoms with Gasteiger partial charge in [0.05, 0.1) is 18.2 Å². The van der Waals surface area contributed by atoms with Crippen LogP contribution < -0.4 is 4.74 Å². The first kappa shape index (κ1) is 26.0. The Labute approximate surface area is 200 Å². The second-order valence-electron chi connectivity index (χ2n) is 12.2. The predicted molar refractivity (Wildman–Crippen MR) is 133 cm³/mol. The van der Waals surface area contributed by atoms with Gasteiger partial charge in [0, 0.05) is 29.5 Å². The van der Waals surface area contributed by atoms with Crippen LogP contribution in [0.3, 0.4) is 0 Å². The molecule has 0 aliphatic heterocycles. The number of aromatic hydroxyl groups is 1. The molecule has 0 radical (unpaired) electrons. The number of Topliss-reactive ketones (excluding diaryl/α,β-unsaturated/α-hetero) is 1. The number of phenolic OH excluding ortho intramolecular Hbond substituents is 1. The zero-order valence-corrected chi connectivity index (χ0v) is 22.2. The molecule has 0 spiro atoms. The molecule has 3 rings (SSSR count). The highest BCUT2D eigenvalue weighted by Gasteiger charge is 2.50. The summed E-state index contributed by atoms with van der Waals surface area (Å²) in [7, 11) is 2.09. The van der Waals surface area contributed by atoms with Crippen LogP contribution in [0, 0.1) is 11.8 Å². The first-order valence-corrected chi connectivity index (χ1v) is 12.6. The van der Waals surface area contributed by atoms with E-state index in [4.69, 9.17) is 9.47 Å². The zero-order valence-electron chi connectivity index (χ0n) is 22.2. The predicted octanol–water partition coefficient (Wildman–Crippen LogP) is 5.97. The average Bonchev–Trinajstić information content (AvgIpc) is 3.50. The van der Waals surface area contributed by atoms with Crippen LogP contribution in [-0.2, 0) is 10.2 Å². The van der Waals surface area contributed by atoms with E-state index in [9.17, 15) is 9.90 Å². The maximum Gasteiger partial charge on any atom is 0.180 e. The summed E-state index contributed by atoms with van der Waals surface area (Å²) < 4.78 is 12.4. The Balaban J connectivity index is 1.97. The molecular weight excluding hydrogens is 414 g/mol. The highest BCUT2D eigenvalue weighted by Crippen LogP contribution is 2.52. The Morgan fingerprint density at radius 2 is 1.82 bits per heavy atom. The van der Waals surface area contributed by atoms with Gasteiger partial charge in [-0.15, -0.1) is 0 Å². The molecule has 0 amide bonds. The van der Waals surface area contributed by atoms with Gasteiger partial charge in [0.1, 0.15) is 5.60 Å². The van der Waals surface area contributed by atoms with Gasteiger partial charge in [0.2, 0.25) is 0 Å². The summed E-state index contributed by atoms with van der Waals surface area (Å²) in [5.74, 6) is 1.52. The lowest BCUT2D eigenvalue weighted by atomic mass is 9.60. The SMILES string of the molecule is CC[C@@]1(C)c2c(ccc(O)c2OC(C)(C)CCOC(C)(C)C)C(=O)C(N(C)CC2CC2)[C@@H]1C. The van der Waals surface area contributed by atoms with Crippen molar-refractivity contribution >= 4 is 5.78 Å². The molecule has 1 aromatic carbocycles. The quantitative estimate of drug-likeness (QED) is 0.493. The number of benzene rings is 1. The highest BCUT2D eigenvalue weighted by molar-refractivity contribution is 6.04. The maximum atomic E-state index is 13.8. The Morgan fingerprint density at radius 1 is 1.18 bits per heavy atom. The van der Waals surface area contributed by atoms with Crippen LogP contribution in [0.2, 0.25) is 0 Å². The van der Waals surface area contributed by atoms with E-state index in [-0.39, 0.29) is 34.5 Å². The number of rotatable bonds is 9. The van der Waals surface area contributed by atoms with Crippen LogP contribution in [-0.4, -0.2) is 53.2 Å². The van der Waals surface area contributed by atoms with E-state index in [1.54, 1.807) is 12.1 Å². The molecular formula is C28H45NO4. The van der Waals surface area contributed by atoms with E-state index in [2.05, 4.69) is 32.7 Å². The largest absolute Gasteiger partial charge is 0.504 e. The molecule has 1 aromatic rings. The summed E-state index contributed by atoms with van der Waals surface area (Å²) in [6.07, 6.45) is 4.06. The summed E-state index contributed by atoms with van der Waals surface area (Å²) in [6, 6.07) is 3.26. The lowest BCUT2D eigenvalue weighted by molar-refractivity contribution is -0.0303. The van der Waals surface area contributed by atoms with E-state index in [0.29, 0.717) is 24.3 Å². The monoisotopic (exact) mass is 459 g/mol. The third-order valence-electron chi connectivity index (χ3n) is 7.79. The van der Waals surface area contributed by atoms with E-state index in [1.165, 1.54) is 12.8 Å². The van der Waals surface area contributed by atoms with Gasteiger partial charge in [-0.1, -0.05) is 20.8 Å². The third kappa shape index (κ3) is 5.57. The number of hydrogen-bond acceptors (Lipinski definition) is 5. The summed E-state index contributed by atoms with van der Waals surface area (Å²) in [4.78, 5) is 16.1. The molecule has 0 heterocycles. The fraction of sp³-hybridized carbons (Fsp3) is 0.750. The Morgan fingerprint density at radius 3 is 2.36 bits per heavy atom. The molecule has 1 unspecified atom stereocenters. The van der Waals surface area contributed by atoms with Crippen molar-refractivity contribution < 1.29 is 19.4 Å². The molecule has 2 aliphatic carbocycles. The van der Waals surface area contributed by atoms with Crippen molar-refractivity contribution in [3.05, 3.63) is 23.3 Å².